The van der Waals surface area contributed by atoms with Gasteiger partial charge >= 0.3 is 0 Å². The van der Waals surface area contributed by atoms with Gasteiger partial charge in [0.25, 0.3) is 0 Å². The van der Waals surface area contributed by atoms with Crippen LogP contribution in [-0.2, 0) is 0 Å². The molecule has 0 bridgehead atoms. The molecule has 0 amide bonds. The summed E-state index contributed by atoms with van der Waals surface area (Å²) in [4.78, 5) is 4.57. The maximum Gasteiger partial charge on any atom is 0.126 e. The number of hydrogen-bond donors (Lipinski definition) is 0. The Morgan fingerprint density at radius 1 is 0.947 bits per heavy atom. The van der Waals surface area contributed by atoms with Gasteiger partial charge in [0.15, 0.2) is 0 Å². The van der Waals surface area contributed by atoms with Crippen molar-refractivity contribution in [1.82, 2.24) is 4.98 Å². The summed E-state index contributed by atoms with van der Waals surface area (Å²) in [5.41, 5.74) is 2.18. The molecule has 0 aliphatic heterocycles. The number of nitrogens with zero attached hydrogens (tertiary/aromatic N) is 1. The topological polar surface area (TPSA) is 12.9 Å². The molecule has 0 spiro atoms. The molecule has 3 rings (SSSR count). The normalized spacial score (nSPS) is 15.9. The maximum atomic E-state index is 13.2. The summed E-state index contributed by atoms with van der Waals surface area (Å²) in [7, 11) is 0. The lowest BCUT2D eigenvalue weighted by molar-refractivity contribution is 0.584. The fraction of sp³-hybridized carbons (Fsp3) is 0.312. The molecule has 19 heavy (non-hydrogen) atoms. The van der Waals surface area contributed by atoms with Crippen molar-refractivity contribution in [1.29, 1.82) is 0 Å². The molecule has 1 fully saturated rings. The molecule has 1 nitrogen and oxygen atoms in total. The van der Waals surface area contributed by atoms with Gasteiger partial charge in [0, 0.05) is 23.2 Å². The largest absolute Gasteiger partial charge is 0.253 e. The highest BCUT2D eigenvalue weighted by atomic mass is 19.1. The van der Waals surface area contributed by atoms with Crippen LogP contribution in [0.5, 0.6) is 0 Å². The minimum atomic E-state index is -0.567. The summed E-state index contributed by atoms with van der Waals surface area (Å²) in [5.74, 6) is -0.635. The summed E-state index contributed by atoms with van der Waals surface area (Å²) >= 11 is 0. The molecule has 0 saturated heterocycles. The molecule has 1 aliphatic carbocycles. The Kier molecular flexibility index (Phi) is 3.28. The van der Waals surface area contributed by atoms with Crippen molar-refractivity contribution >= 4 is 0 Å². The SMILES string of the molecule is Fc1cc(F)cc(-c2cccc(C3CCCC3)n2)c1. The summed E-state index contributed by atoms with van der Waals surface area (Å²) in [5, 5.41) is 0. The van der Waals surface area contributed by atoms with Crippen LogP contribution in [0.2, 0.25) is 0 Å². The Morgan fingerprint density at radius 3 is 2.32 bits per heavy atom. The van der Waals surface area contributed by atoms with Crippen LogP contribution in [0, 0.1) is 11.6 Å². The number of rotatable bonds is 2. The highest BCUT2D eigenvalue weighted by Crippen LogP contribution is 2.33. The van der Waals surface area contributed by atoms with Crippen molar-refractivity contribution in [3.63, 3.8) is 0 Å². The van der Waals surface area contributed by atoms with E-state index in [0.717, 1.165) is 24.6 Å². The molecule has 1 aromatic carbocycles. The minimum Gasteiger partial charge on any atom is -0.253 e. The van der Waals surface area contributed by atoms with E-state index in [2.05, 4.69) is 4.98 Å². The van der Waals surface area contributed by atoms with Crippen molar-refractivity contribution in [2.45, 2.75) is 31.6 Å². The zero-order valence-corrected chi connectivity index (χ0v) is 10.6. The van der Waals surface area contributed by atoms with Gasteiger partial charge in [-0.2, -0.15) is 0 Å². The van der Waals surface area contributed by atoms with Gasteiger partial charge in [-0.15, -0.1) is 0 Å². The first kappa shape index (κ1) is 12.3. The van der Waals surface area contributed by atoms with Crippen LogP contribution in [0.15, 0.2) is 36.4 Å². The first-order chi connectivity index (χ1) is 9.22. The monoisotopic (exact) mass is 259 g/mol. The van der Waals surface area contributed by atoms with E-state index in [1.54, 1.807) is 6.07 Å². The van der Waals surface area contributed by atoms with Crippen LogP contribution in [0.3, 0.4) is 0 Å². The molecule has 2 aromatic rings. The van der Waals surface area contributed by atoms with Gasteiger partial charge in [-0.05, 0) is 37.1 Å². The van der Waals surface area contributed by atoms with Crippen LogP contribution in [-0.4, -0.2) is 4.98 Å². The lowest BCUT2D eigenvalue weighted by atomic mass is 10.0. The highest BCUT2D eigenvalue weighted by molar-refractivity contribution is 5.59. The second kappa shape index (κ2) is 5.08. The van der Waals surface area contributed by atoms with Gasteiger partial charge in [-0.25, -0.2) is 8.78 Å². The van der Waals surface area contributed by atoms with E-state index < -0.39 is 11.6 Å². The van der Waals surface area contributed by atoms with Crippen LogP contribution in [0.25, 0.3) is 11.3 Å². The van der Waals surface area contributed by atoms with Crippen molar-refractivity contribution in [3.8, 4) is 11.3 Å². The Balaban J connectivity index is 1.98. The summed E-state index contributed by atoms with van der Waals surface area (Å²) in [6, 6.07) is 9.25. The van der Waals surface area contributed by atoms with Crippen LogP contribution in [0.4, 0.5) is 8.78 Å². The number of pyridine rings is 1. The fourth-order valence-corrected chi connectivity index (χ4v) is 2.76. The maximum absolute atomic E-state index is 13.2. The van der Waals surface area contributed by atoms with E-state index >= 15 is 0 Å². The molecule has 0 radical (unpaired) electrons. The van der Waals surface area contributed by atoms with E-state index in [0.29, 0.717) is 17.2 Å². The fourth-order valence-electron chi connectivity index (χ4n) is 2.76. The van der Waals surface area contributed by atoms with E-state index in [1.165, 1.54) is 25.0 Å². The molecule has 0 atom stereocenters. The average Bonchev–Trinajstić information content (AvgIpc) is 2.92. The second-order valence-corrected chi connectivity index (χ2v) is 5.09. The number of halogens is 2. The Bertz CT molecular complexity index is 569. The van der Waals surface area contributed by atoms with Crippen LogP contribution in [0.1, 0.15) is 37.3 Å². The smallest absolute Gasteiger partial charge is 0.126 e. The van der Waals surface area contributed by atoms with E-state index in [9.17, 15) is 8.78 Å². The molecular weight excluding hydrogens is 244 g/mol. The summed E-state index contributed by atoms with van der Waals surface area (Å²) in [6.07, 6.45) is 4.80. The van der Waals surface area contributed by atoms with Crippen LogP contribution >= 0.6 is 0 Å². The molecule has 98 valence electrons. The number of benzene rings is 1. The van der Waals surface area contributed by atoms with E-state index in [4.69, 9.17) is 0 Å². The zero-order valence-electron chi connectivity index (χ0n) is 10.6. The zero-order chi connectivity index (χ0) is 13.2. The minimum absolute atomic E-state index is 0.498. The Morgan fingerprint density at radius 2 is 1.63 bits per heavy atom. The van der Waals surface area contributed by atoms with Gasteiger partial charge < -0.3 is 0 Å². The molecule has 0 N–H and O–H groups in total. The predicted octanol–water partition coefficient (Wildman–Crippen LogP) is 4.68. The molecule has 1 heterocycles. The van der Waals surface area contributed by atoms with Gasteiger partial charge in [0.05, 0.1) is 5.69 Å². The first-order valence-corrected chi connectivity index (χ1v) is 6.66. The van der Waals surface area contributed by atoms with Gasteiger partial charge in [-0.3, -0.25) is 4.98 Å². The lowest BCUT2D eigenvalue weighted by Crippen LogP contribution is -1.97. The summed E-state index contributed by atoms with van der Waals surface area (Å²) in [6.45, 7) is 0. The molecule has 1 aliphatic rings. The van der Waals surface area contributed by atoms with Crippen LogP contribution < -0.4 is 0 Å². The Hall–Kier alpha value is -1.77. The molecule has 0 unspecified atom stereocenters. The molecular formula is C16H15F2N. The van der Waals surface area contributed by atoms with Gasteiger partial charge in [0.2, 0.25) is 0 Å². The van der Waals surface area contributed by atoms with E-state index in [-0.39, 0.29) is 0 Å². The predicted molar refractivity (Wildman–Crippen MR) is 70.8 cm³/mol. The molecule has 3 heteroatoms. The number of hydrogen-bond acceptors (Lipinski definition) is 1. The Labute approximate surface area is 111 Å². The summed E-state index contributed by atoms with van der Waals surface area (Å²) < 4.78 is 26.5. The third kappa shape index (κ3) is 2.65. The van der Waals surface area contributed by atoms with Gasteiger partial charge in [0.1, 0.15) is 11.6 Å². The van der Waals surface area contributed by atoms with Gasteiger partial charge in [-0.1, -0.05) is 18.9 Å². The number of aromatic nitrogens is 1. The molecule has 1 aromatic heterocycles. The second-order valence-electron chi connectivity index (χ2n) is 5.09. The van der Waals surface area contributed by atoms with Crippen molar-refractivity contribution in [2.24, 2.45) is 0 Å². The van der Waals surface area contributed by atoms with E-state index in [1.807, 2.05) is 12.1 Å². The van der Waals surface area contributed by atoms with Crippen molar-refractivity contribution in [2.75, 3.05) is 0 Å². The average molecular weight is 259 g/mol. The lowest BCUT2D eigenvalue weighted by Gasteiger charge is -2.10. The third-order valence-corrected chi connectivity index (χ3v) is 3.70. The standard InChI is InChI=1S/C16H15F2N/c17-13-8-12(9-14(18)10-13)16-7-3-6-15(19-16)11-4-1-2-5-11/h3,6-11H,1-2,4-5H2. The highest BCUT2D eigenvalue weighted by Gasteiger charge is 2.18. The third-order valence-electron chi connectivity index (χ3n) is 3.70. The van der Waals surface area contributed by atoms with Crippen molar-refractivity contribution < 1.29 is 8.78 Å². The first-order valence-electron chi connectivity index (χ1n) is 6.66. The molecule has 1 saturated carbocycles. The van der Waals surface area contributed by atoms with Crippen molar-refractivity contribution in [3.05, 3.63) is 53.7 Å². The quantitative estimate of drug-likeness (QED) is 0.762.